The number of methoxy groups -OCH3 is 1. The van der Waals surface area contributed by atoms with Crippen molar-refractivity contribution >= 4 is 28.9 Å². The van der Waals surface area contributed by atoms with Crippen molar-refractivity contribution in [2.75, 3.05) is 7.11 Å². The molecule has 1 aromatic rings. The summed E-state index contributed by atoms with van der Waals surface area (Å²) in [4.78, 5) is 10.3. The number of hydrogen-bond acceptors (Lipinski definition) is 3. The first kappa shape index (κ1) is 16.9. The van der Waals surface area contributed by atoms with Gasteiger partial charge in [0.15, 0.2) is 0 Å². The van der Waals surface area contributed by atoms with E-state index in [4.69, 9.17) is 9.47 Å². The molecule has 3 nitrogen and oxygen atoms in total. The number of ether oxygens (including phenoxy) is 2. The lowest BCUT2D eigenvalue weighted by atomic mass is 10.1. The Balaban J connectivity index is 2.50. The normalized spacial score (nSPS) is 12.9. The first-order valence-corrected chi connectivity index (χ1v) is 7.64. The van der Waals surface area contributed by atoms with Crippen molar-refractivity contribution in [2.24, 2.45) is 0 Å². The fourth-order valence-corrected chi connectivity index (χ4v) is 1.95. The van der Waals surface area contributed by atoms with Crippen LogP contribution in [-0.4, -0.2) is 19.5 Å². The van der Waals surface area contributed by atoms with Crippen molar-refractivity contribution in [3.63, 3.8) is 0 Å². The predicted octanol–water partition coefficient (Wildman–Crippen LogP) is 4.06. The van der Waals surface area contributed by atoms with E-state index in [1.54, 1.807) is 7.11 Å². The van der Waals surface area contributed by atoms with Gasteiger partial charge in [0.1, 0.15) is 12.0 Å². The molecule has 0 bridgehead atoms. The van der Waals surface area contributed by atoms with Crippen molar-refractivity contribution in [3.05, 3.63) is 52.1 Å². The van der Waals surface area contributed by atoms with Crippen LogP contribution >= 0.6 is 22.6 Å². The monoisotopic (exact) mass is 386 g/mol. The smallest absolute Gasteiger partial charge is 0.142 e. The molecule has 1 rings (SSSR count). The van der Waals surface area contributed by atoms with E-state index in [1.807, 2.05) is 34.4 Å². The van der Waals surface area contributed by atoms with Crippen molar-refractivity contribution in [2.45, 2.75) is 25.6 Å². The Morgan fingerprint density at radius 2 is 1.90 bits per heavy atom. The zero-order valence-electron chi connectivity index (χ0n) is 11.5. The van der Waals surface area contributed by atoms with E-state index in [9.17, 15) is 4.79 Å². The fourth-order valence-electron chi connectivity index (χ4n) is 1.66. The molecule has 0 spiro atoms. The van der Waals surface area contributed by atoms with Gasteiger partial charge >= 0.3 is 0 Å². The predicted molar refractivity (Wildman–Crippen MR) is 89.2 cm³/mol. The number of allylic oxidation sites excluding steroid dienone is 1. The van der Waals surface area contributed by atoms with Crippen LogP contribution in [0.15, 0.2) is 46.6 Å². The molecule has 0 aliphatic heterocycles. The quantitative estimate of drug-likeness (QED) is 0.365. The Hall–Kier alpha value is -1.14. The van der Waals surface area contributed by atoms with Gasteiger partial charge in [0.25, 0.3) is 0 Å². The van der Waals surface area contributed by atoms with E-state index in [-0.39, 0.29) is 6.10 Å². The second kappa shape index (κ2) is 10.6. The molecule has 0 aliphatic rings. The molecule has 4 heteroatoms. The van der Waals surface area contributed by atoms with Gasteiger partial charge in [-0.05, 0) is 40.7 Å². The summed E-state index contributed by atoms with van der Waals surface area (Å²) in [5, 5.41) is 0. The third kappa shape index (κ3) is 6.86. The first-order valence-electron chi connectivity index (χ1n) is 6.40. The maximum atomic E-state index is 10.3. The molecule has 0 aromatic heterocycles. The molecule has 0 N–H and O–H groups in total. The molecule has 108 valence electrons. The summed E-state index contributed by atoms with van der Waals surface area (Å²) in [6.45, 7) is 0.554. The highest BCUT2D eigenvalue weighted by molar-refractivity contribution is 14.1. The van der Waals surface area contributed by atoms with Gasteiger partial charge < -0.3 is 9.47 Å². The topological polar surface area (TPSA) is 35.5 Å². The van der Waals surface area contributed by atoms with Crippen molar-refractivity contribution in [1.29, 1.82) is 0 Å². The number of aldehydes is 1. The molecule has 20 heavy (non-hydrogen) atoms. The Morgan fingerprint density at radius 3 is 2.50 bits per heavy atom. The van der Waals surface area contributed by atoms with Crippen LogP contribution in [0.5, 0.6) is 5.75 Å². The Morgan fingerprint density at radius 1 is 1.20 bits per heavy atom. The first-order chi connectivity index (χ1) is 9.80. The van der Waals surface area contributed by atoms with E-state index < -0.39 is 0 Å². The molecule has 0 unspecified atom stereocenters. The van der Waals surface area contributed by atoms with E-state index in [0.717, 1.165) is 30.4 Å². The summed E-state index contributed by atoms with van der Waals surface area (Å²) >= 11 is 2.19. The Labute approximate surface area is 133 Å². The number of carbonyl (C=O) groups excluding carboxylic acids is 1. The second-order valence-corrected chi connectivity index (χ2v) is 4.90. The van der Waals surface area contributed by atoms with Crippen molar-refractivity contribution in [3.8, 4) is 5.75 Å². The average molecular weight is 386 g/mol. The van der Waals surface area contributed by atoms with Gasteiger partial charge in [-0.25, -0.2) is 0 Å². The van der Waals surface area contributed by atoms with Crippen LogP contribution in [0.2, 0.25) is 0 Å². The van der Waals surface area contributed by atoms with Gasteiger partial charge in [-0.15, -0.1) is 0 Å². The SMILES string of the molecule is COc1ccc(CO[C@H](C/C=C/I)C/C=C/C=O)cc1. The van der Waals surface area contributed by atoms with Gasteiger partial charge in [-0.2, -0.15) is 0 Å². The third-order valence-corrected chi connectivity index (χ3v) is 3.25. The van der Waals surface area contributed by atoms with Gasteiger partial charge in [-0.3, -0.25) is 4.79 Å². The minimum Gasteiger partial charge on any atom is -0.497 e. The highest BCUT2D eigenvalue weighted by Gasteiger charge is 2.06. The molecule has 1 aromatic carbocycles. The van der Waals surface area contributed by atoms with Gasteiger partial charge in [0.05, 0.1) is 19.8 Å². The summed E-state index contributed by atoms with van der Waals surface area (Å²) in [7, 11) is 1.65. The van der Waals surface area contributed by atoms with Crippen molar-refractivity contribution in [1.82, 2.24) is 0 Å². The Kier molecular flexibility index (Phi) is 8.98. The maximum Gasteiger partial charge on any atom is 0.142 e. The largest absolute Gasteiger partial charge is 0.497 e. The number of halogens is 1. The lowest BCUT2D eigenvalue weighted by molar-refractivity contribution is -0.104. The molecule has 0 radical (unpaired) electrons. The molecule has 1 atom stereocenters. The lowest BCUT2D eigenvalue weighted by Crippen LogP contribution is -2.11. The lowest BCUT2D eigenvalue weighted by Gasteiger charge is -2.14. The third-order valence-electron chi connectivity index (χ3n) is 2.75. The minimum atomic E-state index is 0.0827. The molecule has 0 saturated carbocycles. The van der Waals surface area contributed by atoms with Gasteiger partial charge in [0.2, 0.25) is 0 Å². The van der Waals surface area contributed by atoms with Crippen LogP contribution in [-0.2, 0) is 16.1 Å². The standard InChI is InChI=1S/C16H19IO3/c1-19-15-9-7-14(8-10-15)13-20-16(6-4-11-17)5-2-3-12-18/h2-4,7-12,16H,5-6,13H2,1H3/b3-2+,11-4+/t16-/m0/s1. The molecule has 0 fully saturated rings. The Bertz CT molecular complexity index is 438. The highest BCUT2D eigenvalue weighted by atomic mass is 127. The van der Waals surface area contributed by atoms with Crippen LogP contribution in [0.3, 0.4) is 0 Å². The van der Waals surface area contributed by atoms with Crippen LogP contribution in [0, 0.1) is 0 Å². The summed E-state index contributed by atoms with van der Waals surface area (Å²) in [5.41, 5.74) is 1.11. The molecule has 0 heterocycles. The molecule has 0 amide bonds. The van der Waals surface area contributed by atoms with E-state index >= 15 is 0 Å². The van der Waals surface area contributed by atoms with E-state index in [0.29, 0.717) is 6.61 Å². The number of rotatable bonds is 9. The van der Waals surface area contributed by atoms with Crippen LogP contribution in [0.4, 0.5) is 0 Å². The second-order valence-electron chi connectivity index (χ2n) is 4.18. The zero-order chi connectivity index (χ0) is 14.6. The molecular weight excluding hydrogens is 367 g/mol. The highest BCUT2D eigenvalue weighted by Crippen LogP contribution is 2.15. The summed E-state index contributed by atoms with van der Waals surface area (Å²) in [6.07, 6.45) is 7.85. The maximum absolute atomic E-state index is 10.3. The summed E-state index contributed by atoms with van der Waals surface area (Å²) < 4.78 is 13.0. The van der Waals surface area contributed by atoms with Crippen molar-refractivity contribution < 1.29 is 14.3 Å². The summed E-state index contributed by atoms with van der Waals surface area (Å²) in [5.74, 6) is 0.840. The minimum absolute atomic E-state index is 0.0827. The fraction of sp³-hybridized carbons (Fsp3) is 0.312. The van der Waals surface area contributed by atoms with Crippen LogP contribution in [0.1, 0.15) is 18.4 Å². The van der Waals surface area contributed by atoms with Gasteiger partial charge in [0, 0.05) is 0 Å². The van der Waals surface area contributed by atoms with Gasteiger partial charge in [-0.1, -0.05) is 46.9 Å². The van der Waals surface area contributed by atoms with Crippen LogP contribution in [0.25, 0.3) is 0 Å². The van der Waals surface area contributed by atoms with E-state index in [1.165, 1.54) is 6.08 Å². The molecule has 0 saturated heterocycles. The summed E-state index contributed by atoms with van der Waals surface area (Å²) in [6, 6.07) is 7.83. The number of benzene rings is 1. The molecule has 0 aliphatic carbocycles. The average Bonchev–Trinajstić information content (AvgIpc) is 2.50. The molecular formula is C16H19IO3. The number of hydrogen-bond donors (Lipinski definition) is 0. The van der Waals surface area contributed by atoms with Crippen LogP contribution < -0.4 is 4.74 Å². The zero-order valence-corrected chi connectivity index (χ0v) is 13.7. The number of carbonyl (C=O) groups is 1. The van der Waals surface area contributed by atoms with E-state index in [2.05, 4.69) is 28.7 Å².